The van der Waals surface area contributed by atoms with Gasteiger partial charge in [0.2, 0.25) is 5.78 Å². The molecule has 1 aromatic heterocycles. The molecule has 2 nitrogen and oxygen atoms in total. The topological polar surface area (TPSA) is 37.3 Å². The first-order valence-electron chi connectivity index (χ1n) is 6.18. The van der Waals surface area contributed by atoms with Crippen molar-refractivity contribution in [3.8, 4) is 0 Å². The minimum atomic E-state index is -0.741. The molecule has 1 aliphatic rings. The molecule has 0 fully saturated rings. The molecule has 0 aliphatic heterocycles. The summed E-state index contributed by atoms with van der Waals surface area (Å²) >= 11 is 1.49. The van der Waals surface area contributed by atoms with Crippen LogP contribution in [0.2, 0.25) is 0 Å². The quantitative estimate of drug-likeness (QED) is 0.830. The molecule has 1 aliphatic carbocycles. The zero-order chi connectivity index (χ0) is 12.7. The van der Waals surface area contributed by atoms with Crippen molar-refractivity contribution in [3.63, 3.8) is 0 Å². The highest BCUT2D eigenvalue weighted by molar-refractivity contribution is 7.21. The Bertz CT molecular complexity index is 652. The number of benzene rings is 1. The summed E-state index contributed by atoms with van der Waals surface area (Å²) in [6.07, 6.45) is 2.97. The highest BCUT2D eigenvalue weighted by Crippen LogP contribution is 2.45. The first-order chi connectivity index (χ1) is 8.74. The fourth-order valence-corrected chi connectivity index (χ4v) is 3.62. The second-order valence-corrected chi connectivity index (χ2v) is 5.57. The van der Waals surface area contributed by atoms with Gasteiger partial charge in [0.05, 0.1) is 4.88 Å². The number of unbranched alkanes of at least 4 members (excludes halogenated alkanes) is 1. The Balaban J connectivity index is 2.17. The van der Waals surface area contributed by atoms with Gasteiger partial charge >= 0.3 is 0 Å². The van der Waals surface area contributed by atoms with Crippen LogP contribution in [0.4, 0.5) is 0 Å². The van der Waals surface area contributed by atoms with E-state index in [1.165, 1.54) is 11.3 Å². The summed E-state index contributed by atoms with van der Waals surface area (Å²) in [6.45, 7) is 2.06. The number of thiophene rings is 1. The van der Waals surface area contributed by atoms with E-state index in [1.54, 1.807) is 0 Å². The average Bonchev–Trinajstić information content (AvgIpc) is 2.86. The van der Waals surface area contributed by atoms with E-state index in [9.17, 15) is 9.90 Å². The number of hydrogen-bond acceptors (Lipinski definition) is 3. The zero-order valence-electron chi connectivity index (χ0n) is 10.1. The molecule has 92 valence electrons. The number of aliphatic hydroxyl groups is 1. The van der Waals surface area contributed by atoms with Gasteiger partial charge < -0.3 is 5.11 Å². The van der Waals surface area contributed by atoms with E-state index >= 15 is 0 Å². The van der Waals surface area contributed by atoms with Gasteiger partial charge in [0, 0.05) is 15.8 Å². The number of carbonyl (C=O) groups excluding carboxylic acids is 1. The molecule has 1 aromatic carbocycles. The summed E-state index contributed by atoms with van der Waals surface area (Å²) in [6, 6.07) is 7.87. The maximum absolute atomic E-state index is 12.3. The number of carbonyl (C=O) groups is 1. The van der Waals surface area contributed by atoms with Crippen LogP contribution in [0, 0.1) is 0 Å². The van der Waals surface area contributed by atoms with Crippen molar-refractivity contribution in [2.75, 3.05) is 0 Å². The van der Waals surface area contributed by atoms with E-state index in [4.69, 9.17) is 0 Å². The molecule has 3 rings (SSSR count). The predicted molar refractivity (Wildman–Crippen MR) is 74.1 cm³/mol. The number of allylic oxidation sites excluding steroid dienone is 1. The van der Waals surface area contributed by atoms with Crippen molar-refractivity contribution >= 4 is 27.2 Å². The van der Waals surface area contributed by atoms with Crippen LogP contribution >= 0.6 is 11.3 Å². The van der Waals surface area contributed by atoms with Gasteiger partial charge in [-0.3, -0.25) is 4.79 Å². The van der Waals surface area contributed by atoms with E-state index in [0.717, 1.165) is 28.5 Å². The highest BCUT2D eigenvalue weighted by atomic mass is 32.1. The Hall–Kier alpha value is -1.45. The molecule has 1 atom stereocenters. The van der Waals surface area contributed by atoms with Crippen LogP contribution < -0.4 is 0 Å². The van der Waals surface area contributed by atoms with Gasteiger partial charge in [0.25, 0.3) is 0 Å². The summed E-state index contributed by atoms with van der Waals surface area (Å²) in [7, 11) is 0. The van der Waals surface area contributed by atoms with E-state index in [1.807, 2.05) is 30.3 Å². The number of Topliss-reactive ketones (excluding diaryl/α,β-unsaturated/α-hetero) is 1. The lowest BCUT2D eigenvalue weighted by Crippen LogP contribution is -1.99. The number of hydrogen-bond donors (Lipinski definition) is 1. The molecule has 3 heteroatoms. The van der Waals surface area contributed by atoms with Gasteiger partial charge in [0.15, 0.2) is 0 Å². The van der Waals surface area contributed by atoms with E-state index < -0.39 is 6.10 Å². The van der Waals surface area contributed by atoms with Crippen LogP contribution in [-0.2, 0) is 0 Å². The standard InChI is InChI=1S/C15H14O2S/c1-2-3-6-10-13(16)12-9-7-4-5-8-11(9)18-15(12)14(10)17/h4-8,13,16H,2-3H2,1H3/b10-6+/t13-/m0/s1. The van der Waals surface area contributed by atoms with Crippen molar-refractivity contribution in [2.45, 2.75) is 25.9 Å². The Morgan fingerprint density at radius 3 is 2.94 bits per heavy atom. The third-order valence-corrected chi connectivity index (χ3v) is 4.51. The number of fused-ring (bicyclic) bond motifs is 3. The third kappa shape index (κ3) is 1.55. The molecule has 0 radical (unpaired) electrons. The summed E-state index contributed by atoms with van der Waals surface area (Å²) in [5, 5.41) is 11.4. The average molecular weight is 258 g/mol. The molecule has 0 saturated heterocycles. The minimum Gasteiger partial charge on any atom is -0.383 e. The van der Waals surface area contributed by atoms with Crippen LogP contribution in [0.3, 0.4) is 0 Å². The van der Waals surface area contributed by atoms with Crippen molar-refractivity contribution in [3.05, 3.63) is 46.4 Å². The van der Waals surface area contributed by atoms with Crippen molar-refractivity contribution in [1.82, 2.24) is 0 Å². The lowest BCUT2D eigenvalue weighted by Gasteiger charge is -2.05. The van der Waals surface area contributed by atoms with Crippen molar-refractivity contribution in [1.29, 1.82) is 0 Å². The van der Waals surface area contributed by atoms with Crippen LogP contribution in [0.25, 0.3) is 10.1 Å². The SMILES string of the molecule is CCC/C=C1/C(=O)c2sc3ccccc3c2[C@H]1O. The van der Waals surface area contributed by atoms with Crippen LogP contribution in [-0.4, -0.2) is 10.9 Å². The minimum absolute atomic E-state index is 0.00662. The predicted octanol–water partition coefficient (Wildman–Crippen LogP) is 3.86. The van der Waals surface area contributed by atoms with E-state index in [2.05, 4.69) is 6.92 Å². The highest BCUT2D eigenvalue weighted by Gasteiger charge is 2.36. The fourth-order valence-electron chi connectivity index (χ4n) is 2.42. The van der Waals surface area contributed by atoms with Crippen LogP contribution in [0.15, 0.2) is 35.9 Å². The molecule has 0 spiro atoms. The van der Waals surface area contributed by atoms with E-state index in [-0.39, 0.29) is 5.78 Å². The molecule has 0 unspecified atom stereocenters. The molecular weight excluding hydrogens is 244 g/mol. The number of rotatable bonds is 2. The molecule has 0 saturated carbocycles. The fraction of sp³-hybridized carbons (Fsp3) is 0.267. The first kappa shape index (κ1) is 11.6. The third-order valence-electron chi connectivity index (χ3n) is 3.32. The lowest BCUT2D eigenvalue weighted by atomic mass is 10.1. The van der Waals surface area contributed by atoms with Gasteiger partial charge in [-0.2, -0.15) is 0 Å². The number of ketones is 1. The van der Waals surface area contributed by atoms with Gasteiger partial charge in [-0.1, -0.05) is 37.6 Å². The summed E-state index contributed by atoms with van der Waals surface area (Å²) in [5.74, 6) is 0.00662. The summed E-state index contributed by atoms with van der Waals surface area (Å²) < 4.78 is 1.07. The molecule has 1 heterocycles. The normalized spacial score (nSPS) is 20.9. The van der Waals surface area contributed by atoms with Crippen molar-refractivity contribution in [2.24, 2.45) is 0 Å². The Morgan fingerprint density at radius 2 is 2.17 bits per heavy atom. The smallest absolute Gasteiger partial charge is 0.202 e. The monoisotopic (exact) mass is 258 g/mol. The molecule has 0 amide bonds. The lowest BCUT2D eigenvalue weighted by molar-refractivity contribution is 0.102. The summed E-state index contributed by atoms with van der Waals surface area (Å²) in [5.41, 5.74) is 1.37. The van der Waals surface area contributed by atoms with Gasteiger partial charge in [-0.15, -0.1) is 11.3 Å². The summed E-state index contributed by atoms with van der Waals surface area (Å²) in [4.78, 5) is 13.0. The maximum Gasteiger partial charge on any atom is 0.202 e. The Labute approximate surface area is 110 Å². The molecule has 18 heavy (non-hydrogen) atoms. The van der Waals surface area contributed by atoms with Gasteiger partial charge in [0.1, 0.15) is 6.10 Å². The Kier molecular flexibility index (Phi) is 2.80. The largest absolute Gasteiger partial charge is 0.383 e. The van der Waals surface area contributed by atoms with Crippen LogP contribution in [0.1, 0.15) is 41.1 Å². The molecule has 0 bridgehead atoms. The van der Waals surface area contributed by atoms with Crippen LogP contribution in [0.5, 0.6) is 0 Å². The van der Waals surface area contributed by atoms with Gasteiger partial charge in [-0.25, -0.2) is 0 Å². The second kappa shape index (κ2) is 4.34. The molecule has 2 aromatic rings. The van der Waals surface area contributed by atoms with Crippen molar-refractivity contribution < 1.29 is 9.90 Å². The Morgan fingerprint density at radius 1 is 1.39 bits per heavy atom. The second-order valence-electron chi connectivity index (χ2n) is 4.52. The maximum atomic E-state index is 12.3. The van der Waals surface area contributed by atoms with E-state index in [0.29, 0.717) is 10.5 Å². The zero-order valence-corrected chi connectivity index (χ0v) is 11.0. The van der Waals surface area contributed by atoms with Gasteiger partial charge in [-0.05, 0) is 17.9 Å². The molecule has 1 N–H and O–H groups in total. The first-order valence-corrected chi connectivity index (χ1v) is 7.00. The number of aliphatic hydroxyl groups excluding tert-OH is 1. The molecular formula is C15H14O2S.